The second-order valence-electron chi connectivity index (χ2n) is 7.09. The Bertz CT molecular complexity index is 727. The number of amides is 2. The van der Waals surface area contributed by atoms with Crippen molar-refractivity contribution < 1.29 is 13.2 Å². The minimum Gasteiger partial charge on any atom is -0.335 e. The van der Waals surface area contributed by atoms with E-state index < -0.39 is 10.0 Å². The van der Waals surface area contributed by atoms with Crippen molar-refractivity contribution in [2.45, 2.75) is 61.9 Å². The fraction of sp³-hybridized carbons (Fsp3) is 0.611. The van der Waals surface area contributed by atoms with Crippen LogP contribution in [0.3, 0.4) is 0 Å². The van der Waals surface area contributed by atoms with Crippen molar-refractivity contribution in [1.29, 1.82) is 0 Å². The van der Waals surface area contributed by atoms with E-state index in [1.807, 2.05) is 0 Å². The zero-order valence-corrected chi connectivity index (χ0v) is 16.4. The molecule has 1 aliphatic heterocycles. The highest BCUT2D eigenvalue weighted by Gasteiger charge is 2.30. The summed E-state index contributed by atoms with van der Waals surface area (Å²) in [4.78, 5) is 12.4. The maximum Gasteiger partial charge on any atom is 0.315 e. The fourth-order valence-corrected chi connectivity index (χ4v) is 5.45. The van der Waals surface area contributed by atoms with Crippen LogP contribution >= 0.6 is 11.6 Å². The molecule has 0 unspecified atom stereocenters. The van der Waals surface area contributed by atoms with Crippen LogP contribution in [0.15, 0.2) is 29.2 Å². The number of hydrogen-bond donors (Lipinski definition) is 2. The number of rotatable bonds is 4. The summed E-state index contributed by atoms with van der Waals surface area (Å²) in [5.74, 6) is 0. The molecular formula is C18H26ClN3O3S. The molecule has 1 aliphatic carbocycles. The van der Waals surface area contributed by atoms with Crippen LogP contribution in [0.4, 0.5) is 4.79 Å². The summed E-state index contributed by atoms with van der Waals surface area (Å²) in [6, 6.07) is 6.47. The zero-order chi connectivity index (χ0) is 18.6. The maximum atomic E-state index is 12.7. The summed E-state index contributed by atoms with van der Waals surface area (Å²) in [7, 11) is -3.54. The van der Waals surface area contributed by atoms with Gasteiger partial charge in [0.05, 0.1) is 4.90 Å². The highest BCUT2D eigenvalue weighted by Crippen LogP contribution is 2.23. The lowest BCUT2D eigenvalue weighted by Crippen LogP contribution is -2.51. The Balaban J connectivity index is 1.50. The highest BCUT2D eigenvalue weighted by atomic mass is 35.5. The monoisotopic (exact) mass is 399 g/mol. The van der Waals surface area contributed by atoms with Crippen molar-refractivity contribution in [3.63, 3.8) is 0 Å². The van der Waals surface area contributed by atoms with Gasteiger partial charge in [0.25, 0.3) is 0 Å². The van der Waals surface area contributed by atoms with Crippen LogP contribution in [0.25, 0.3) is 0 Å². The maximum absolute atomic E-state index is 12.7. The third kappa shape index (κ3) is 4.90. The molecule has 6 nitrogen and oxygen atoms in total. The Morgan fingerprint density at radius 3 is 2.23 bits per heavy atom. The lowest BCUT2D eigenvalue weighted by atomic mass is 9.96. The van der Waals surface area contributed by atoms with Gasteiger partial charge in [-0.05, 0) is 43.9 Å². The Morgan fingerprint density at radius 1 is 1.00 bits per heavy atom. The number of hydrogen-bond acceptors (Lipinski definition) is 3. The first-order valence-corrected chi connectivity index (χ1v) is 11.1. The lowest BCUT2D eigenvalue weighted by Gasteiger charge is -2.32. The van der Waals surface area contributed by atoms with Gasteiger partial charge < -0.3 is 10.6 Å². The SMILES string of the molecule is O=C(NC1CCCCC1)NC1CCN(S(=O)(=O)c2cccc(Cl)c2)CC1. The average Bonchev–Trinajstić information content (AvgIpc) is 2.63. The largest absolute Gasteiger partial charge is 0.335 e. The van der Waals surface area contributed by atoms with Gasteiger partial charge in [-0.15, -0.1) is 0 Å². The molecule has 1 aromatic carbocycles. The highest BCUT2D eigenvalue weighted by molar-refractivity contribution is 7.89. The number of urea groups is 1. The Morgan fingerprint density at radius 2 is 1.62 bits per heavy atom. The predicted octanol–water partition coefficient (Wildman–Crippen LogP) is 3.13. The van der Waals surface area contributed by atoms with Crippen LogP contribution < -0.4 is 10.6 Å². The molecule has 0 bridgehead atoms. The van der Waals surface area contributed by atoms with E-state index in [4.69, 9.17) is 11.6 Å². The van der Waals surface area contributed by atoms with Gasteiger partial charge in [-0.2, -0.15) is 4.31 Å². The topological polar surface area (TPSA) is 78.5 Å². The Labute approximate surface area is 160 Å². The summed E-state index contributed by atoms with van der Waals surface area (Å²) in [5.41, 5.74) is 0. The van der Waals surface area contributed by atoms with Crippen LogP contribution in [0, 0.1) is 0 Å². The number of piperidine rings is 1. The van der Waals surface area contributed by atoms with Gasteiger partial charge >= 0.3 is 6.03 Å². The quantitative estimate of drug-likeness (QED) is 0.816. The third-order valence-electron chi connectivity index (χ3n) is 5.16. The van der Waals surface area contributed by atoms with Crippen molar-refractivity contribution in [2.75, 3.05) is 13.1 Å². The van der Waals surface area contributed by atoms with E-state index in [-0.39, 0.29) is 23.0 Å². The average molecular weight is 400 g/mol. The van der Waals surface area contributed by atoms with Crippen LogP contribution in [0.5, 0.6) is 0 Å². The molecule has 0 aromatic heterocycles. The molecule has 0 atom stereocenters. The fourth-order valence-electron chi connectivity index (χ4n) is 3.68. The van der Waals surface area contributed by atoms with Crippen molar-refractivity contribution >= 4 is 27.7 Å². The molecule has 2 fully saturated rings. The van der Waals surface area contributed by atoms with Crippen LogP contribution in [0.1, 0.15) is 44.9 Å². The minimum atomic E-state index is -3.54. The Kier molecular flexibility index (Phi) is 6.42. The van der Waals surface area contributed by atoms with Crippen molar-refractivity contribution in [3.05, 3.63) is 29.3 Å². The van der Waals surface area contributed by atoms with E-state index in [1.165, 1.54) is 29.6 Å². The number of carbonyl (C=O) groups is 1. The second-order valence-corrected chi connectivity index (χ2v) is 9.46. The standard InChI is InChI=1S/C18H26ClN3O3S/c19-14-5-4-8-17(13-14)26(24,25)22-11-9-16(10-12-22)21-18(23)20-15-6-2-1-3-7-15/h4-5,8,13,15-16H,1-3,6-7,9-12H2,(H2,20,21,23). The molecule has 2 aliphatic rings. The summed E-state index contributed by atoms with van der Waals surface area (Å²) < 4.78 is 26.9. The van der Waals surface area contributed by atoms with Gasteiger partial charge in [-0.3, -0.25) is 0 Å². The van der Waals surface area contributed by atoms with Crippen LogP contribution in [-0.2, 0) is 10.0 Å². The van der Waals surface area contributed by atoms with Crippen molar-refractivity contribution in [1.82, 2.24) is 14.9 Å². The molecule has 2 amide bonds. The number of nitrogens with zero attached hydrogens (tertiary/aromatic N) is 1. The van der Waals surface area contributed by atoms with Crippen LogP contribution in [0.2, 0.25) is 5.02 Å². The van der Waals surface area contributed by atoms with Gasteiger partial charge in [-0.1, -0.05) is 36.9 Å². The molecule has 3 rings (SSSR count). The number of carbonyl (C=O) groups excluding carboxylic acids is 1. The van der Waals surface area contributed by atoms with Crippen LogP contribution in [-0.4, -0.2) is 43.9 Å². The number of sulfonamides is 1. The van der Waals surface area contributed by atoms with E-state index in [2.05, 4.69) is 10.6 Å². The van der Waals surface area contributed by atoms with Gasteiger partial charge in [0.2, 0.25) is 10.0 Å². The van der Waals surface area contributed by atoms with Crippen molar-refractivity contribution in [3.8, 4) is 0 Å². The molecule has 26 heavy (non-hydrogen) atoms. The molecule has 0 spiro atoms. The van der Waals surface area contributed by atoms with Gasteiger partial charge in [-0.25, -0.2) is 13.2 Å². The molecule has 1 saturated carbocycles. The minimum absolute atomic E-state index is 0.00408. The molecule has 144 valence electrons. The smallest absolute Gasteiger partial charge is 0.315 e. The first-order chi connectivity index (χ1) is 12.4. The lowest BCUT2D eigenvalue weighted by molar-refractivity contribution is 0.220. The normalized spacial score (nSPS) is 20.7. The number of nitrogens with one attached hydrogen (secondary N) is 2. The van der Waals surface area contributed by atoms with Gasteiger partial charge in [0, 0.05) is 30.2 Å². The van der Waals surface area contributed by atoms with Gasteiger partial charge in [0.1, 0.15) is 0 Å². The summed E-state index contributed by atoms with van der Waals surface area (Å²) >= 11 is 5.91. The molecule has 1 aromatic rings. The first-order valence-electron chi connectivity index (χ1n) is 9.28. The zero-order valence-electron chi connectivity index (χ0n) is 14.8. The Hall–Kier alpha value is -1.31. The van der Waals surface area contributed by atoms with Crippen molar-refractivity contribution in [2.24, 2.45) is 0 Å². The molecule has 0 radical (unpaired) electrons. The molecule has 1 saturated heterocycles. The summed E-state index contributed by atoms with van der Waals surface area (Å²) in [6.45, 7) is 0.784. The molecular weight excluding hydrogens is 374 g/mol. The van der Waals surface area contributed by atoms with E-state index in [1.54, 1.807) is 18.2 Å². The van der Waals surface area contributed by atoms with E-state index >= 15 is 0 Å². The summed E-state index contributed by atoms with van der Waals surface area (Å²) in [6.07, 6.45) is 6.90. The van der Waals surface area contributed by atoms with E-state index in [0.717, 1.165) is 12.8 Å². The number of benzene rings is 1. The third-order valence-corrected chi connectivity index (χ3v) is 7.29. The molecule has 1 heterocycles. The van der Waals surface area contributed by atoms with Gasteiger partial charge in [0.15, 0.2) is 0 Å². The van der Waals surface area contributed by atoms with E-state index in [9.17, 15) is 13.2 Å². The molecule has 2 N–H and O–H groups in total. The first kappa shape index (κ1) is 19.5. The predicted molar refractivity (Wildman–Crippen MR) is 102 cm³/mol. The van der Waals surface area contributed by atoms with E-state index in [0.29, 0.717) is 31.0 Å². The summed E-state index contributed by atoms with van der Waals surface area (Å²) in [5, 5.41) is 6.44. The number of halogens is 1. The second kappa shape index (κ2) is 8.59. The molecule has 8 heteroatoms.